The maximum absolute atomic E-state index is 13.6. The lowest BCUT2D eigenvalue weighted by Gasteiger charge is -2.40. The Morgan fingerprint density at radius 1 is 1.07 bits per heavy atom. The minimum Gasteiger partial charge on any atom is -0.504 e. The average Bonchev–Trinajstić information content (AvgIpc) is 3.57. The number of carbonyl (C=O) groups is 8. The summed E-state index contributed by atoms with van der Waals surface area (Å²) in [5, 5.41) is 44.4. The zero-order valence-electron chi connectivity index (χ0n) is 27.8. The number of hydrogen-bond acceptors (Lipinski definition) is 16. The van der Waals surface area contributed by atoms with E-state index in [-0.39, 0.29) is 47.6 Å². The van der Waals surface area contributed by atoms with Gasteiger partial charge in [-0.05, 0) is 12.1 Å². The van der Waals surface area contributed by atoms with Crippen molar-refractivity contribution in [3.8, 4) is 11.5 Å². The lowest BCUT2D eigenvalue weighted by Crippen LogP contribution is -2.60. The van der Waals surface area contributed by atoms with Gasteiger partial charge in [0.15, 0.2) is 28.1 Å². The molecule has 6 rings (SSSR count). The van der Waals surface area contributed by atoms with Crippen LogP contribution in [0.2, 0.25) is 9.36 Å². The Morgan fingerprint density at radius 2 is 1.78 bits per heavy atom. The summed E-state index contributed by atoms with van der Waals surface area (Å²) in [6.45, 7) is -1.18. The van der Waals surface area contributed by atoms with Gasteiger partial charge in [0, 0.05) is 38.8 Å². The third-order valence-corrected chi connectivity index (χ3v) is 12.3. The van der Waals surface area contributed by atoms with Crippen LogP contribution >= 0.6 is 46.3 Å². The van der Waals surface area contributed by atoms with Crippen LogP contribution in [0.4, 0.5) is 9.93 Å². The number of thioether (sulfide) groups is 1. The summed E-state index contributed by atoms with van der Waals surface area (Å²) >= 11 is 13.6. The highest BCUT2D eigenvalue weighted by atomic mass is 35.5. The molecule has 1 aromatic heterocycles. The highest BCUT2D eigenvalue weighted by molar-refractivity contribution is 8.02. The number of benzene rings is 1. The number of nitrogens with zero attached hydrogens (tertiary/aromatic N) is 5. The van der Waals surface area contributed by atoms with Crippen LogP contribution in [-0.2, 0) is 33.6 Å². The minimum atomic E-state index is -2.01. The first kappa shape index (κ1) is 39.3. The van der Waals surface area contributed by atoms with E-state index in [1.807, 2.05) is 0 Å². The van der Waals surface area contributed by atoms with Crippen molar-refractivity contribution < 1.29 is 63.6 Å². The number of amides is 5. The number of oxime groups is 1. The lowest BCUT2D eigenvalue weighted by atomic mass is 9.90. The van der Waals surface area contributed by atoms with E-state index in [9.17, 15) is 58.8 Å². The van der Waals surface area contributed by atoms with Crippen molar-refractivity contribution in [3.63, 3.8) is 0 Å². The molecule has 0 bridgehead atoms. The van der Waals surface area contributed by atoms with Crippen LogP contribution in [0.25, 0.3) is 0 Å². The molecule has 0 unspecified atom stereocenters. The Morgan fingerprint density at radius 3 is 2.40 bits per heavy atom. The number of carboxylic acids is 2. The number of β-lactam (4-membered cyclic amide) rings is 1. The second-order valence-electron chi connectivity index (χ2n) is 12.6. The molecule has 3 saturated heterocycles. The SMILES string of the molecule is Nc1nc(/C(=N/OC2(C(=O)O)CC2)C(=O)C[C@@H]2C(=O)N3C[C@@](C(=O)O)(N4CCN(NC(=O)CCNC(=O)C(=O)c5ccc(O)c(O)c5Cl)C4=O)S[C@H]23)c(Cl)s1. The average molecular weight is 844 g/mol. The number of carbonyl (C=O) groups excluding carboxylic acids is 6. The van der Waals surface area contributed by atoms with Crippen LogP contribution in [0.1, 0.15) is 41.7 Å². The number of carboxylic acid groups (broad SMARTS) is 2. The van der Waals surface area contributed by atoms with Crippen molar-refractivity contribution in [2.45, 2.75) is 41.5 Å². The fourth-order valence-electron chi connectivity index (χ4n) is 5.93. The number of fused-ring (bicyclic) bond motifs is 1. The quantitative estimate of drug-likeness (QED) is 0.0315. The van der Waals surface area contributed by atoms with Gasteiger partial charge in [-0.15, -0.1) is 0 Å². The lowest BCUT2D eigenvalue weighted by molar-refractivity contribution is -0.154. The first-order chi connectivity index (χ1) is 25.9. The largest absolute Gasteiger partial charge is 0.504 e. The number of halogens is 2. The molecule has 55 heavy (non-hydrogen) atoms. The van der Waals surface area contributed by atoms with E-state index < -0.39 is 116 Å². The molecular formula is C30H28Cl2N8O13S2. The van der Waals surface area contributed by atoms with Gasteiger partial charge in [0.25, 0.3) is 11.7 Å². The Bertz CT molecular complexity index is 2100. The number of nitrogen functional groups attached to an aromatic ring is 1. The number of hydrazine groups is 1. The number of urea groups is 1. The van der Waals surface area contributed by atoms with Gasteiger partial charge >= 0.3 is 18.0 Å². The summed E-state index contributed by atoms with van der Waals surface area (Å²) in [7, 11) is 0. The van der Waals surface area contributed by atoms with Crippen LogP contribution in [-0.4, -0.2) is 135 Å². The van der Waals surface area contributed by atoms with E-state index in [2.05, 4.69) is 20.9 Å². The molecule has 4 aliphatic rings. The maximum Gasteiger partial charge on any atom is 0.350 e. The number of ketones is 2. The highest BCUT2D eigenvalue weighted by Gasteiger charge is 2.66. The smallest absolute Gasteiger partial charge is 0.350 e. The summed E-state index contributed by atoms with van der Waals surface area (Å²) in [5.74, 6) is -9.78. The molecule has 3 atom stereocenters. The first-order valence-corrected chi connectivity index (χ1v) is 18.4. The topological polar surface area (TPSA) is 312 Å². The van der Waals surface area contributed by atoms with Crippen LogP contribution in [0.15, 0.2) is 17.3 Å². The number of nitrogens with two attached hydrogens (primary N) is 1. The molecule has 3 aliphatic heterocycles. The Kier molecular flexibility index (Phi) is 10.5. The number of rotatable bonds is 15. The standard InChI is InChI=1S/C30H28Cl2N8O13S2/c31-16-11(1-2-13(41)20(16)45)19(44)22(46)34-6-3-15(43)36-40-8-7-39(28(40)52)30(26(50)51)10-38-23(47)12(24(38)55-30)9-14(42)17(18-21(32)54-27(33)35-18)37-53-29(4-5-29)25(48)49/h1-2,12,24,41,45H,3-10H2,(H2,33,35)(H,34,46)(H,36,43)(H,48,49)(H,50,51)/b37-17+/t12-,24-,30-/m1/s1. The number of phenolic OH excluding ortho intramolecular Hbond substituents is 2. The van der Waals surface area contributed by atoms with E-state index >= 15 is 0 Å². The van der Waals surface area contributed by atoms with E-state index in [0.29, 0.717) is 0 Å². The van der Waals surface area contributed by atoms with Gasteiger partial charge in [-0.1, -0.05) is 51.5 Å². The van der Waals surface area contributed by atoms with Crippen molar-refractivity contribution in [1.82, 2.24) is 30.5 Å². The molecule has 1 aromatic carbocycles. The van der Waals surface area contributed by atoms with Crippen LogP contribution in [0.3, 0.4) is 0 Å². The Balaban J connectivity index is 1.07. The molecule has 1 saturated carbocycles. The van der Waals surface area contributed by atoms with Gasteiger partial charge in [-0.3, -0.25) is 34.3 Å². The Hall–Kier alpha value is -5.39. The van der Waals surface area contributed by atoms with E-state index in [4.69, 9.17) is 33.8 Å². The minimum absolute atomic E-state index is 0.0255. The zero-order valence-corrected chi connectivity index (χ0v) is 31.0. The number of thiazole rings is 1. The number of phenols is 2. The zero-order chi connectivity index (χ0) is 40.1. The number of nitrogens with one attached hydrogen (secondary N) is 2. The second-order valence-corrected chi connectivity index (χ2v) is 16.0. The maximum atomic E-state index is 13.6. The predicted molar refractivity (Wildman–Crippen MR) is 189 cm³/mol. The summed E-state index contributed by atoms with van der Waals surface area (Å²) in [5.41, 5.74) is 5.36. The number of aromatic nitrogens is 1. The van der Waals surface area contributed by atoms with Gasteiger partial charge in [0.05, 0.1) is 35.0 Å². The third kappa shape index (κ3) is 7.14. The summed E-state index contributed by atoms with van der Waals surface area (Å²) in [6, 6.07) is 1.07. The van der Waals surface area contributed by atoms with Gasteiger partial charge in [-0.25, -0.2) is 24.4 Å². The third-order valence-electron chi connectivity index (χ3n) is 9.08. The van der Waals surface area contributed by atoms with Crippen LogP contribution < -0.4 is 16.5 Å². The van der Waals surface area contributed by atoms with Crippen molar-refractivity contribution in [3.05, 3.63) is 32.7 Å². The molecule has 0 spiro atoms. The van der Waals surface area contributed by atoms with E-state index in [1.165, 1.54) is 4.90 Å². The highest BCUT2D eigenvalue weighted by Crippen LogP contribution is 2.53. The molecule has 2 aromatic rings. The molecule has 25 heteroatoms. The molecule has 292 valence electrons. The van der Waals surface area contributed by atoms with Crippen LogP contribution in [0.5, 0.6) is 11.5 Å². The molecule has 21 nitrogen and oxygen atoms in total. The number of aromatic hydroxyl groups is 2. The normalized spacial score (nSPS) is 22.5. The number of Topliss-reactive ketones (excluding diaryl/α,β-unsaturated/α-hetero) is 2. The molecule has 4 fully saturated rings. The van der Waals surface area contributed by atoms with E-state index in [0.717, 1.165) is 45.1 Å². The molecule has 4 heterocycles. The summed E-state index contributed by atoms with van der Waals surface area (Å²) in [4.78, 5) is 111. The molecule has 0 radical (unpaired) electrons. The predicted octanol–water partition coefficient (Wildman–Crippen LogP) is 0.211. The first-order valence-electron chi connectivity index (χ1n) is 16.0. The number of aliphatic carboxylic acids is 2. The Labute approximate surface area is 326 Å². The van der Waals surface area contributed by atoms with E-state index in [1.54, 1.807) is 0 Å². The number of hydrogen-bond donors (Lipinski definition) is 7. The van der Waals surface area contributed by atoms with Crippen molar-refractivity contribution in [2.24, 2.45) is 11.1 Å². The molecular weight excluding hydrogens is 815 g/mol. The number of anilines is 1. The van der Waals surface area contributed by atoms with Gasteiger partial charge < -0.3 is 41.2 Å². The van der Waals surface area contributed by atoms with Gasteiger partial charge in [0.1, 0.15) is 10.0 Å². The van der Waals surface area contributed by atoms with Crippen molar-refractivity contribution in [2.75, 3.05) is 31.9 Å². The van der Waals surface area contributed by atoms with Crippen molar-refractivity contribution in [1.29, 1.82) is 0 Å². The monoisotopic (exact) mass is 842 g/mol. The van der Waals surface area contributed by atoms with Gasteiger partial charge in [0.2, 0.25) is 22.3 Å². The fraction of sp³-hybridized carbons (Fsp3) is 0.400. The molecule has 8 N–H and O–H groups in total. The summed E-state index contributed by atoms with van der Waals surface area (Å²) < 4.78 is -0.0445. The molecule has 1 aliphatic carbocycles. The molecule has 5 amide bonds. The van der Waals surface area contributed by atoms with Crippen LogP contribution in [0, 0.1) is 5.92 Å². The van der Waals surface area contributed by atoms with Gasteiger partial charge in [-0.2, -0.15) is 0 Å². The summed E-state index contributed by atoms with van der Waals surface area (Å²) in [6.07, 6.45) is -0.686. The fourth-order valence-corrected chi connectivity index (χ4v) is 8.80. The second kappa shape index (κ2) is 14.7. The van der Waals surface area contributed by atoms with Crippen molar-refractivity contribution >= 4 is 104 Å².